The Kier molecular flexibility index (Phi) is 2.46. The van der Waals surface area contributed by atoms with Gasteiger partial charge >= 0.3 is 0 Å². The third-order valence-electron chi connectivity index (χ3n) is 2.23. The Labute approximate surface area is 61.2 Å². The van der Waals surface area contributed by atoms with Crippen molar-refractivity contribution < 1.29 is 10.2 Å². The Bertz CT molecular complexity index is 121. The fraction of sp³-hybridized carbons (Fsp3) is 0.750. The molecule has 0 aromatic rings. The molecule has 0 spiro atoms. The van der Waals surface area contributed by atoms with Crippen LogP contribution in [0.25, 0.3) is 0 Å². The van der Waals surface area contributed by atoms with Crippen LogP contribution < -0.4 is 0 Å². The van der Waals surface area contributed by atoms with E-state index in [1.807, 2.05) is 13.0 Å². The molecule has 0 aromatic carbocycles. The third-order valence-corrected chi connectivity index (χ3v) is 2.23. The van der Waals surface area contributed by atoms with Gasteiger partial charge in [0.25, 0.3) is 0 Å². The zero-order valence-electron chi connectivity index (χ0n) is 6.20. The van der Waals surface area contributed by atoms with Crippen LogP contribution in [-0.2, 0) is 0 Å². The van der Waals surface area contributed by atoms with Gasteiger partial charge in [-0.25, -0.2) is 0 Å². The molecule has 0 bridgehead atoms. The highest BCUT2D eigenvalue weighted by molar-refractivity contribution is 5.07. The second-order valence-electron chi connectivity index (χ2n) is 2.80. The molecule has 1 aliphatic carbocycles. The molecule has 1 unspecified atom stereocenters. The summed E-state index contributed by atoms with van der Waals surface area (Å²) in [5, 5.41) is 17.5. The van der Waals surface area contributed by atoms with Crippen LogP contribution in [0.2, 0.25) is 0 Å². The van der Waals surface area contributed by atoms with E-state index < -0.39 is 0 Å². The minimum Gasteiger partial charge on any atom is -0.396 e. The van der Waals surface area contributed by atoms with Crippen molar-refractivity contribution in [2.45, 2.75) is 6.92 Å². The summed E-state index contributed by atoms with van der Waals surface area (Å²) >= 11 is 0. The summed E-state index contributed by atoms with van der Waals surface area (Å²) in [6.07, 6.45) is 4.03. The number of hydrogen-bond acceptors (Lipinski definition) is 2. The summed E-state index contributed by atoms with van der Waals surface area (Å²) in [6.45, 7) is 2.38. The fourth-order valence-electron chi connectivity index (χ4n) is 1.50. The smallest absolute Gasteiger partial charge is 0.0468 e. The molecule has 1 saturated carbocycles. The quantitative estimate of drug-likeness (QED) is 0.560. The van der Waals surface area contributed by atoms with Gasteiger partial charge in [-0.1, -0.05) is 12.2 Å². The highest BCUT2D eigenvalue weighted by Crippen LogP contribution is 2.46. The maximum Gasteiger partial charge on any atom is 0.0468 e. The van der Waals surface area contributed by atoms with Gasteiger partial charge in [0.1, 0.15) is 0 Å². The first kappa shape index (κ1) is 7.76. The van der Waals surface area contributed by atoms with Crippen molar-refractivity contribution in [3.05, 3.63) is 12.2 Å². The summed E-state index contributed by atoms with van der Waals surface area (Å²) < 4.78 is 0. The number of rotatable bonds is 3. The van der Waals surface area contributed by atoms with Crippen molar-refractivity contribution >= 4 is 0 Å². The Morgan fingerprint density at radius 2 is 1.70 bits per heavy atom. The van der Waals surface area contributed by atoms with E-state index in [1.54, 1.807) is 0 Å². The van der Waals surface area contributed by atoms with Crippen molar-refractivity contribution in [2.75, 3.05) is 13.2 Å². The largest absolute Gasteiger partial charge is 0.396 e. The first-order valence-corrected chi connectivity index (χ1v) is 3.69. The molecule has 0 radical (unpaired) electrons. The van der Waals surface area contributed by atoms with Crippen LogP contribution in [0.3, 0.4) is 0 Å². The molecule has 1 fully saturated rings. The molecule has 2 nitrogen and oxygen atoms in total. The van der Waals surface area contributed by atoms with Crippen LogP contribution in [0.5, 0.6) is 0 Å². The average molecular weight is 142 g/mol. The van der Waals surface area contributed by atoms with Crippen molar-refractivity contribution in [1.82, 2.24) is 0 Å². The lowest BCUT2D eigenvalue weighted by atomic mass is 10.3. The topological polar surface area (TPSA) is 40.5 Å². The van der Waals surface area contributed by atoms with Crippen LogP contribution >= 0.6 is 0 Å². The molecule has 2 heteroatoms. The van der Waals surface area contributed by atoms with Gasteiger partial charge in [-0.3, -0.25) is 0 Å². The number of aliphatic hydroxyl groups is 2. The van der Waals surface area contributed by atoms with Crippen LogP contribution in [0.1, 0.15) is 6.92 Å². The highest BCUT2D eigenvalue weighted by Gasteiger charge is 2.46. The van der Waals surface area contributed by atoms with Gasteiger partial charge in [-0.2, -0.15) is 0 Å². The maximum absolute atomic E-state index is 8.76. The third kappa shape index (κ3) is 1.22. The molecule has 0 aliphatic heterocycles. The van der Waals surface area contributed by atoms with Crippen molar-refractivity contribution in [1.29, 1.82) is 0 Å². The molecule has 10 heavy (non-hydrogen) atoms. The van der Waals surface area contributed by atoms with E-state index in [-0.39, 0.29) is 13.2 Å². The van der Waals surface area contributed by atoms with Gasteiger partial charge in [0.05, 0.1) is 0 Å². The monoisotopic (exact) mass is 142 g/mol. The Morgan fingerprint density at radius 3 is 2.00 bits per heavy atom. The molecule has 2 N–H and O–H groups in total. The van der Waals surface area contributed by atoms with Gasteiger partial charge in [0, 0.05) is 13.2 Å². The normalized spacial score (nSPS) is 38.9. The van der Waals surface area contributed by atoms with Crippen LogP contribution in [0.4, 0.5) is 0 Å². The minimum absolute atomic E-state index is 0.209. The van der Waals surface area contributed by atoms with Gasteiger partial charge in [0.15, 0.2) is 0 Å². The number of allylic oxidation sites excluding steroid dienone is 2. The maximum atomic E-state index is 8.76. The average Bonchev–Trinajstić information content (AvgIpc) is 2.62. The molecule has 0 saturated heterocycles. The summed E-state index contributed by atoms with van der Waals surface area (Å²) in [6, 6.07) is 0. The van der Waals surface area contributed by atoms with E-state index >= 15 is 0 Å². The van der Waals surface area contributed by atoms with Crippen molar-refractivity contribution in [3.63, 3.8) is 0 Å². The van der Waals surface area contributed by atoms with Gasteiger partial charge < -0.3 is 10.2 Å². The van der Waals surface area contributed by atoms with E-state index in [9.17, 15) is 0 Å². The number of hydrogen-bond donors (Lipinski definition) is 2. The highest BCUT2D eigenvalue weighted by atomic mass is 16.3. The lowest BCUT2D eigenvalue weighted by molar-refractivity contribution is 0.232. The summed E-state index contributed by atoms with van der Waals surface area (Å²) in [4.78, 5) is 0. The molecular weight excluding hydrogens is 128 g/mol. The second kappa shape index (κ2) is 3.17. The fourth-order valence-corrected chi connectivity index (χ4v) is 1.50. The standard InChI is InChI=1S/C8H14O2/c1-2-3-6-7(4-9)8(6)5-10/h2-3,6-10H,4-5H2,1H3/b3-2+/t6?,7-,8+. The van der Waals surface area contributed by atoms with Crippen LogP contribution in [0.15, 0.2) is 12.2 Å². The first-order valence-electron chi connectivity index (χ1n) is 3.69. The SMILES string of the molecule is C/C=C/C1[C@@H](CO)[C@H]1CO. The Balaban J connectivity index is 2.36. The Hall–Kier alpha value is -0.340. The van der Waals surface area contributed by atoms with E-state index in [0.29, 0.717) is 17.8 Å². The lowest BCUT2D eigenvalue weighted by Gasteiger charge is -1.84. The minimum atomic E-state index is 0.209. The van der Waals surface area contributed by atoms with Gasteiger partial charge in [-0.05, 0) is 24.7 Å². The summed E-state index contributed by atoms with van der Waals surface area (Å²) in [7, 11) is 0. The second-order valence-corrected chi connectivity index (χ2v) is 2.80. The Morgan fingerprint density at radius 1 is 1.20 bits per heavy atom. The van der Waals surface area contributed by atoms with E-state index in [2.05, 4.69) is 6.08 Å². The van der Waals surface area contributed by atoms with Gasteiger partial charge in [0.2, 0.25) is 0 Å². The predicted octanol–water partition coefficient (Wildman–Crippen LogP) is 0.409. The first-order chi connectivity index (χ1) is 4.85. The molecular formula is C8H14O2. The van der Waals surface area contributed by atoms with Crippen LogP contribution in [0, 0.1) is 17.8 Å². The summed E-state index contributed by atoms with van der Waals surface area (Å²) in [5.41, 5.74) is 0. The molecule has 1 rings (SSSR count). The van der Waals surface area contributed by atoms with E-state index in [0.717, 1.165) is 0 Å². The molecule has 1 aliphatic rings. The summed E-state index contributed by atoms with van der Waals surface area (Å²) in [5.74, 6) is 1.07. The molecule has 0 aromatic heterocycles. The lowest BCUT2D eigenvalue weighted by Crippen LogP contribution is -1.91. The molecule has 0 amide bonds. The molecule has 3 atom stereocenters. The number of aliphatic hydroxyl groups excluding tert-OH is 2. The van der Waals surface area contributed by atoms with Gasteiger partial charge in [-0.15, -0.1) is 0 Å². The van der Waals surface area contributed by atoms with Crippen molar-refractivity contribution in [3.8, 4) is 0 Å². The predicted molar refractivity (Wildman–Crippen MR) is 39.5 cm³/mol. The molecule has 0 heterocycles. The van der Waals surface area contributed by atoms with E-state index in [1.165, 1.54) is 0 Å². The molecule has 58 valence electrons. The zero-order valence-corrected chi connectivity index (χ0v) is 6.20. The van der Waals surface area contributed by atoms with E-state index in [4.69, 9.17) is 10.2 Å². The zero-order chi connectivity index (χ0) is 7.56. The van der Waals surface area contributed by atoms with Crippen LogP contribution in [-0.4, -0.2) is 23.4 Å². The van der Waals surface area contributed by atoms with Crippen molar-refractivity contribution in [2.24, 2.45) is 17.8 Å².